The summed E-state index contributed by atoms with van der Waals surface area (Å²) in [6.45, 7) is 8.28. The zero-order valence-electron chi connectivity index (χ0n) is 16.9. The van der Waals surface area contributed by atoms with Crippen molar-refractivity contribution < 1.29 is 4.79 Å². The van der Waals surface area contributed by atoms with Gasteiger partial charge in [-0.3, -0.25) is 10.2 Å². The van der Waals surface area contributed by atoms with Crippen LogP contribution in [0.2, 0.25) is 0 Å². The van der Waals surface area contributed by atoms with Crippen molar-refractivity contribution in [2.75, 3.05) is 0 Å². The van der Waals surface area contributed by atoms with Crippen molar-refractivity contribution >= 4 is 39.8 Å². The Labute approximate surface area is 174 Å². The van der Waals surface area contributed by atoms with Gasteiger partial charge in [-0.1, -0.05) is 39.0 Å². The monoisotopic (exact) mass is 405 g/mol. The number of fused-ring (bicyclic) bond motifs is 1. The highest BCUT2D eigenvalue weighted by molar-refractivity contribution is 8.27. The quantitative estimate of drug-likeness (QED) is 0.754. The van der Waals surface area contributed by atoms with E-state index >= 15 is 0 Å². The highest BCUT2D eigenvalue weighted by Crippen LogP contribution is 2.31. The van der Waals surface area contributed by atoms with Crippen molar-refractivity contribution in [1.29, 1.82) is 5.41 Å². The average Bonchev–Trinajstić information content (AvgIpc) is 3.32. The Balaban J connectivity index is 1.77. The lowest BCUT2D eigenvalue weighted by Gasteiger charge is -2.21. The number of rotatable bonds is 4. The third-order valence-electron chi connectivity index (χ3n) is 4.98. The van der Waals surface area contributed by atoms with Crippen LogP contribution in [-0.4, -0.2) is 31.5 Å². The maximum absolute atomic E-state index is 12.7. The summed E-state index contributed by atoms with van der Waals surface area (Å²) in [7, 11) is 0. The van der Waals surface area contributed by atoms with Crippen molar-refractivity contribution in [3.8, 4) is 5.69 Å². The number of carbonyl (C=O) groups is 1. The fourth-order valence-electron chi connectivity index (χ4n) is 3.45. The van der Waals surface area contributed by atoms with Gasteiger partial charge in [-0.05, 0) is 54.4 Å². The zero-order valence-corrected chi connectivity index (χ0v) is 17.7. The summed E-state index contributed by atoms with van der Waals surface area (Å²) in [5.41, 5.74) is 4.58. The maximum atomic E-state index is 12.7. The molecule has 2 aliphatic rings. The van der Waals surface area contributed by atoms with Crippen LogP contribution in [0, 0.1) is 18.3 Å². The highest BCUT2D eigenvalue weighted by Gasteiger charge is 2.36. The largest absolute Gasteiger partial charge is 0.317 e. The number of amidine groups is 2. The van der Waals surface area contributed by atoms with Crippen LogP contribution >= 0.6 is 11.8 Å². The Morgan fingerprint density at radius 1 is 1.24 bits per heavy atom. The van der Waals surface area contributed by atoms with E-state index in [1.54, 1.807) is 6.08 Å². The van der Waals surface area contributed by atoms with E-state index in [-0.39, 0.29) is 17.3 Å². The minimum Gasteiger partial charge on any atom is -0.317 e. The van der Waals surface area contributed by atoms with Crippen molar-refractivity contribution in [2.45, 2.75) is 34.1 Å². The first-order valence-corrected chi connectivity index (χ1v) is 10.5. The number of nitrogens with zero attached hydrogens (tertiary/aromatic N) is 4. The van der Waals surface area contributed by atoms with Crippen LogP contribution in [0.5, 0.6) is 0 Å². The fourth-order valence-corrected chi connectivity index (χ4v) is 4.35. The first-order valence-electron chi connectivity index (χ1n) is 9.67. The van der Waals surface area contributed by atoms with Gasteiger partial charge in [-0.2, -0.15) is 15.1 Å². The molecular weight excluding hydrogens is 382 g/mol. The van der Waals surface area contributed by atoms with Crippen molar-refractivity contribution in [3.63, 3.8) is 0 Å². The molecule has 4 rings (SSSR count). The van der Waals surface area contributed by atoms with Gasteiger partial charge in [0.15, 0.2) is 5.84 Å². The molecule has 3 heterocycles. The molecule has 1 N–H and O–H groups in total. The summed E-state index contributed by atoms with van der Waals surface area (Å²) in [5, 5.41) is 15.8. The van der Waals surface area contributed by atoms with Gasteiger partial charge >= 0.3 is 0 Å². The van der Waals surface area contributed by atoms with E-state index in [0.29, 0.717) is 5.17 Å². The Bertz CT molecular complexity index is 1110. The summed E-state index contributed by atoms with van der Waals surface area (Å²) in [5.74, 6) is -0.118. The van der Waals surface area contributed by atoms with Crippen LogP contribution in [0.4, 0.5) is 0 Å². The summed E-state index contributed by atoms with van der Waals surface area (Å²) < 4.78 is 2.07. The van der Waals surface area contributed by atoms with Gasteiger partial charge < -0.3 is 4.57 Å². The first kappa shape index (κ1) is 19.4. The molecule has 0 aliphatic carbocycles. The van der Waals surface area contributed by atoms with E-state index in [2.05, 4.69) is 46.7 Å². The molecule has 0 saturated heterocycles. The number of aromatic nitrogens is 1. The number of aliphatic imine (C=N–C) groups is 1. The molecule has 0 atom stereocenters. The van der Waals surface area contributed by atoms with E-state index < -0.39 is 5.91 Å². The number of para-hydroxylation sites is 1. The van der Waals surface area contributed by atoms with Crippen LogP contribution in [0.3, 0.4) is 0 Å². The number of aryl methyl sites for hydroxylation is 2. The molecular formula is C22H23N5OS. The minimum atomic E-state index is -0.401. The topological polar surface area (TPSA) is 73.8 Å². The minimum absolute atomic E-state index is 0.0661. The van der Waals surface area contributed by atoms with E-state index in [9.17, 15) is 4.79 Å². The fraction of sp³-hybridized carbons (Fsp3) is 0.273. The van der Waals surface area contributed by atoms with Gasteiger partial charge in [0, 0.05) is 17.8 Å². The normalized spacial score (nSPS) is 17.8. The lowest BCUT2D eigenvalue weighted by molar-refractivity contribution is -0.114. The van der Waals surface area contributed by atoms with Crippen LogP contribution in [-0.2, 0) is 11.2 Å². The maximum Gasteiger partial charge on any atom is 0.283 e. The summed E-state index contributed by atoms with van der Waals surface area (Å²) >= 11 is 1.36. The Hall–Kier alpha value is -2.93. The molecule has 0 bridgehead atoms. The van der Waals surface area contributed by atoms with E-state index in [0.717, 1.165) is 28.4 Å². The smallest absolute Gasteiger partial charge is 0.283 e. The van der Waals surface area contributed by atoms with E-state index in [4.69, 9.17) is 5.41 Å². The SMILES string of the molecule is CCc1cccc(C)c1-n1cccc1/C=C1/C(=N)N2N=C(C(C)C)SC2=NC1=O. The highest BCUT2D eigenvalue weighted by atomic mass is 32.2. The summed E-state index contributed by atoms with van der Waals surface area (Å²) in [6, 6.07) is 10.2. The van der Waals surface area contributed by atoms with Crippen molar-refractivity contribution in [2.24, 2.45) is 16.0 Å². The number of amides is 1. The number of benzene rings is 1. The van der Waals surface area contributed by atoms with Gasteiger partial charge in [0.05, 0.1) is 11.3 Å². The van der Waals surface area contributed by atoms with Gasteiger partial charge in [0.1, 0.15) is 5.04 Å². The molecule has 0 radical (unpaired) electrons. The molecule has 148 valence electrons. The molecule has 0 spiro atoms. The lowest BCUT2D eigenvalue weighted by atomic mass is 10.1. The zero-order chi connectivity index (χ0) is 20.7. The van der Waals surface area contributed by atoms with Gasteiger partial charge in [-0.15, -0.1) is 0 Å². The Morgan fingerprint density at radius 2 is 2.03 bits per heavy atom. The molecule has 0 unspecified atom stereocenters. The lowest BCUT2D eigenvalue weighted by Crippen LogP contribution is -2.35. The molecule has 1 aromatic carbocycles. The molecule has 0 fully saturated rings. The number of carbonyl (C=O) groups excluding carboxylic acids is 1. The van der Waals surface area contributed by atoms with Crippen LogP contribution in [0.15, 0.2) is 52.2 Å². The second-order valence-corrected chi connectivity index (χ2v) is 8.34. The standard InChI is InChI=1S/C22H23N5OS/c1-5-15-9-6-8-14(4)18(15)26-11-7-10-16(26)12-17-19(23)27-22(24-20(17)28)29-21(25-27)13(2)3/h6-13,23H,5H2,1-4H3/b17-12-,23-19?. The third kappa shape index (κ3) is 3.35. The van der Waals surface area contributed by atoms with E-state index in [1.807, 2.05) is 32.2 Å². The molecule has 7 heteroatoms. The van der Waals surface area contributed by atoms with Gasteiger partial charge in [-0.25, -0.2) is 0 Å². The third-order valence-corrected chi connectivity index (χ3v) is 6.19. The number of thioether (sulfide) groups is 1. The average molecular weight is 406 g/mol. The number of nitrogens with one attached hydrogen (secondary N) is 1. The van der Waals surface area contributed by atoms with Crippen molar-refractivity contribution in [3.05, 3.63) is 58.9 Å². The van der Waals surface area contributed by atoms with Gasteiger partial charge in [0.2, 0.25) is 5.17 Å². The predicted molar refractivity (Wildman–Crippen MR) is 120 cm³/mol. The van der Waals surface area contributed by atoms with Crippen LogP contribution in [0.1, 0.15) is 37.6 Å². The summed E-state index contributed by atoms with van der Waals surface area (Å²) in [6.07, 6.45) is 4.63. The predicted octanol–water partition coefficient (Wildman–Crippen LogP) is 4.62. The second kappa shape index (κ2) is 7.48. The first-order chi connectivity index (χ1) is 13.9. The molecule has 0 saturated carbocycles. The molecule has 2 aromatic rings. The number of hydrogen-bond acceptors (Lipinski definition) is 4. The molecule has 1 aromatic heterocycles. The Kier molecular flexibility index (Phi) is 5.00. The molecule has 2 aliphatic heterocycles. The Morgan fingerprint density at radius 3 is 2.76 bits per heavy atom. The number of hydrogen-bond donors (Lipinski definition) is 1. The van der Waals surface area contributed by atoms with E-state index in [1.165, 1.54) is 22.3 Å². The second-order valence-electron chi connectivity index (χ2n) is 7.35. The molecule has 1 amide bonds. The van der Waals surface area contributed by atoms with Crippen LogP contribution < -0.4 is 0 Å². The van der Waals surface area contributed by atoms with Crippen LogP contribution in [0.25, 0.3) is 11.8 Å². The van der Waals surface area contributed by atoms with Crippen molar-refractivity contribution in [1.82, 2.24) is 9.58 Å². The van der Waals surface area contributed by atoms with Gasteiger partial charge in [0.25, 0.3) is 5.91 Å². The molecule has 6 nitrogen and oxygen atoms in total. The summed E-state index contributed by atoms with van der Waals surface area (Å²) in [4.78, 5) is 16.9. The number of hydrazone groups is 1. The molecule has 29 heavy (non-hydrogen) atoms.